The molecule has 19 heavy (non-hydrogen) atoms. The molecule has 96 valence electrons. The van der Waals surface area contributed by atoms with E-state index in [1.54, 1.807) is 0 Å². The number of anilines is 1. The number of benzene rings is 1. The van der Waals surface area contributed by atoms with Crippen molar-refractivity contribution in [1.29, 1.82) is 0 Å². The van der Waals surface area contributed by atoms with Crippen LogP contribution in [0.5, 0.6) is 0 Å². The average molecular weight is 251 g/mol. The zero-order chi connectivity index (χ0) is 13.4. The molecule has 0 unspecified atom stereocenters. The number of aromatic nitrogens is 2. The Balaban J connectivity index is 1.95. The molecular weight excluding hydrogens is 234 g/mol. The first kappa shape index (κ1) is 11.8. The van der Waals surface area contributed by atoms with Gasteiger partial charge in [-0.3, -0.25) is 0 Å². The molecule has 3 rings (SSSR count). The molecule has 1 aromatic carbocycles. The van der Waals surface area contributed by atoms with Gasteiger partial charge in [-0.25, -0.2) is 4.98 Å². The van der Waals surface area contributed by atoms with Gasteiger partial charge in [-0.05, 0) is 31.0 Å². The van der Waals surface area contributed by atoms with Gasteiger partial charge in [-0.15, -0.1) is 0 Å². The standard InChI is InChI=1S/C16H17N3/c1-11-3-5-13(6-4-11)8-14-9-19-10-15(17)12(2)7-16(19)18-14/h3-7,9-10H,8,17H2,1-2H3. The second-order valence-corrected chi connectivity index (χ2v) is 5.07. The Hall–Kier alpha value is -2.29. The van der Waals surface area contributed by atoms with E-state index in [0.717, 1.165) is 29.0 Å². The van der Waals surface area contributed by atoms with Gasteiger partial charge in [-0.1, -0.05) is 29.8 Å². The fraction of sp³-hybridized carbons (Fsp3) is 0.188. The lowest BCUT2D eigenvalue weighted by atomic mass is 10.1. The first-order chi connectivity index (χ1) is 9.11. The Bertz CT molecular complexity index is 685. The van der Waals surface area contributed by atoms with E-state index in [9.17, 15) is 0 Å². The van der Waals surface area contributed by atoms with E-state index in [2.05, 4.69) is 36.2 Å². The number of pyridine rings is 1. The largest absolute Gasteiger partial charge is 0.397 e. The number of nitrogens with zero attached hydrogens (tertiary/aromatic N) is 2. The Labute approximate surface area is 112 Å². The number of nitrogen functional groups attached to an aromatic ring is 1. The summed E-state index contributed by atoms with van der Waals surface area (Å²) < 4.78 is 1.99. The van der Waals surface area contributed by atoms with Crippen LogP contribution in [0.1, 0.15) is 22.4 Å². The normalized spacial score (nSPS) is 11.1. The van der Waals surface area contributed by atoms with Crippen molar-refractivity contribution in [2.45, 2.75) is 20.3 Å². The third-order valence-corrected chi connectivity index (χ3v) is 3.40. The van der Waals surface area contributed by atoms with Crippen molar-refractivity contribution in [3.05, 3.63) is 65.1 Å². The molecule has 0 aliphatic rings. The van der Waals surface area contributed by atoms with Crippen LogP contribution in [-0.4, -0.2) is 9.38 Å². The van der Waals surface area contributed by atoms with Gasteiger partial charge in [0.25, 0.3) is 0 Å². The number of aryl methyl sites for hydroxylation is 2. The highest BCUT2D eigenvalue weighted by Gasteiger charge is 2.05. The summed E-state index contributed by atoms with van der Waals surface area (Å²) >= 11 is 0. The molecule has 2 aromatic heterocycles. The fourth-order valence-electron chi connectivity index (χ4n) is 2.20. The average Bonchev–Trinajstić information content (AvgIpc) is 2.74. The summed E-state index contributed by atoms with van der Waals surface area (Å²) in [7, 11) is 0. The minimum atomic E-state index is 0.798. The highest BCUT2D eigenvalue weighted by Crippen LogP contribution is 2.16. The number of fused-ring (bicyclic) bond motifs is 1. The van der Waals surface area contributed by atoms with Gasteiger partial charge in [0.15, 0.2) is 0 Å². The number of hydrogen-bond donors (Lipinski definition) is 1. The third-order valence-electron chi connectivity index (χ3n) is 3.40. The highest BCUT2D eigenvalue weighted by molar-refractivity contribution is 5.54. The van der Waals surface area contributed by atoms with Crippen molar-refractivity contribution < 1.29 is 0 Å². The molecule has 0 bridgehead atoms. The molecule has 0 saturated carbocycles. The van der Waals surface area contributed by atoms with Crippen molar-refractivity contribution in [2.75, 3.05) is 5.73 Å². The SMILES string of the molecule is Cc1ccc(Cc2cn3cc(N)c(C)cc3n2)cc1. The minimum Gasteiger partial charge on any atom is -0.397 e. The summed E-state index contributed by atoms with van der Waals surface area (Å²) in [5.74, 6) is 0. The topological polar surface area (TPSA) is 43.3 Å². The maximum Gasteiger partial charge on any atom is 0.137 e. The van der Waals surface area contributed by atoms with Gasteiger partial charge >= 0.3 is 0 Å². The Morgan fingerprint density at radius 2 is 1.84 bits per heavy atom. The molecule has 0 amide bonds. The summed E-state index contributed by atoms with van der Waals surface area (Å²) in [5, 5.41) is 0. The van der Waals surface area contributed by atoms with E-state index in [0.29, 0.717) is 0 Å². The van der Waals surface area contributed by atoms with Crippen LogP contribution >= 0.6 is 0 Å². The fourth-order valence-corrected chi connectivity index (χ4v) is 2.20. The molecule has 0 aliphatic carbocycles. The van der Waals surface area contributed by atoms with Gasteiger partial charge < -0.3 is 10.1 Å². The summed E-state index contributed by atoms with van der Waals surface area (Å²) in [6.07, 6.45) is 4.82. The second-order valence-electron chi connectivity index (χ2n) is 5.07. The van der Waals surface area contributed by atoms with Crippen molar-refractivity contribution in [3.63, 3.8) is 0 Å². The van der Waals surface area contributed by atoms with Crippen molar-refractivity contribution in [3.8, 4) is 0 Å². The minimum absolute atomic E-state index is 0.798. The van der Waals surface area contributed by atoms with Crippen LogP contribution in [0.4, 0.5) is 5.69 Å². The van der Waals surface area contributed by atoms with Crippen LogP contribution in [-0.2, 0) is 6.42 Å². The highest BCUT2D eigenvalue weighted by atomic mass is 15.0. The van der Waals surface area contributed by atoms with Crippen LogP contribution in [0, 0.1) is 13.8 Å². The molecule has 3 aromatic rings. The lowest BCUT2D eigenvalue weighted by molar-refractivity contribution is 1.11. The second kappa shape index (κ2) is 4.43. The van der Waals surface area contributed by atoms with Crippen molar-refractivity contribution in [2.24, 2.45) is 0 Å². The molecule has 0 atom stereocenters. The van der Waals surface area contributed by atoms with Gasteiger partial charge in [-0.2, -0.15) is 0 Å². The van der Waals surface area contributed by atoms with Crippen molar-refractivity contribution in [1.82, 2.24) is 9.38 Å². The Morgan fingerprint density at radius 1 is 1.11 bits per heavy atom. The molecule has 0 saturated heterocycles. The maximum absolute atomic E-state index is 5.92. The first-order valence-corrected chi connectivity index (χ1v) is 6.41. The molecule has 0 aliphatic heterocycles. The quantitative estimate of drug-likeness (QED) is 0.760. The molecule has 3 heteroatoms. The lowest BCUT2D eigenvalue weighted by Crippen LogP contribution is -1.93. The van der Waals surface area contributed by atoms with Crippen LogP contribution in [0.2, 0.25) is 0 Å². The van der Waals surface area contributed by atoms with E-state index in [1.807, 2.05) is 29.8 Å². The number of imidazole rings is 1. The van der Waals surface area contributed by atoms with Gasteiger partial charge in [0.2, 0.25) is 0 Å². The zero-order valence-corrected chi connectivity index (χ0v) is 11.2. The number of nitrogens with two attached hydrogens (primary N) is 1. The smallest absolute Gasteiger partial charge is 0.137 e. The predicted octanol–water partition coefficient (Wildman–Crippen LogP) is 3.12. The predicted molar refractivity (Wildman–Crippen MR) is 78.3 cm³/mol. The van der Waals surface area contributed by atoms with Crippen LogP contribution in [0.15, 0.2) is 42.7 Å². The first-order valence-electron chi connectivity index (χ1n) is 6.41. The Kier molecular flexibility index (Phi) is 2.75. The van der Waals surface area contributed by atoms with E-state index >= 15 is 0 Å². The molecule has 3 nitrogen and oxygen atoms in total. The van der Waals surface area contributed by atoms with Gasteiger partial charge in [0.1, 0.15) is 5.65 Å². The zero-order valence-electron chi connectivity index (χ0n) is 11.2. The summed E-state index contributed by atoms with van der Waals surface area (Å²) in [4.78, 5) is 4.64. The van der Waals surface area contributed by atoms with Crippen LogP contribution < -0.4 is 5.73 Å². The van der Waals surface area contributed by atoms with Crippen LogP contribution in [0.25, 0.3) is 5.65 Å². The maximum atomic E-state index is 5.92. The van der Waals surface area contributed by atoms with Gasteiger partial charge in [0, 0.05) is 18.8 Å². The number of hydrogen-bond acceptors (Lipinski definition) is 2. The third kappa shape index (κ3) is 2.32. The molecule has 2 N–H and O–H groups in total. The monoisotopic (exact) mass is 251 g/mol. The molecule has 0 fully saturated rings. The summed E-state index contributed by atoms with van der Waals surface area (Å²) in [5.41, 5.74) is 12.4. The van der Waals surface area contributed by atoms with E-state index in [4.69, 9.17) is 5.73 Å². The molecular formula is C16H17N3. The van der Waals surface area contributed by atoms with E-state index in [-0.39, 0.29) is 0 Å². The molecule has 0 spiro atoms. The number of rotatable bonds is 2. The molecule has 2 heterocycles. The Morgan fingerprint density at radius 3 is 2.58 bits per heavy atom. The molecule has 0 radical (unpaired) electrons. The lowest BCUT2D eigenvalue weighted by Gasteiger charge is -1.99. The van der Waals surface area contributed by atoms with Gasteiger partial charge in [0.05, 0.1) is 11.4 Å². The van der Waals surface area contributed by atoms with E-state index < -0.39 is 0 Å². The van der Waals surface area contributed by atoms with E-state index in [1.165, 1.54) is 11.1 Å². The summed E-state index contributed by atoms with van der Waals surface area (Å²) in [6, 6.07) is 10.6. The van der Waals surface area contributed by atoms with Crippen LogP contribution in [0.3, 0.4) is 0 Å². The summed E-state index contributed by atoms with van der Waals surface area (Å²) in [6.45, 7) is 4.10. The van der Waals surface area contributed by atoms with Crippen molar-refractivity contribution >= 4 is 11.3 Å².